The minimum atomic E-state index is -0.550. The molecule has 25 heavy (non-hydrogen) atoms. The number of pyridine rings is 1. The van der Waals surface area contributed by atoms with Gasteiger partial charge in [0.05, 0.1) is 24.8 Å². The van der Waals surface area contributed by atoms with E-state index in [2.05, 4.69) is 39.7 Å². The summed E-state index contributed by atoms with van der Waals surface area (Å²) in [7, 11) is 0. The molecule has 0 spiro atoms. The van der Waals surface area contributed by atoms with E-state index >= 15 is 0 Å². The molecular formula is C19H19N3O3. The van der Waals surface area contributed by atoms with E-state index in [9.17, 15) is 5.11 Å². The predicted octanol–water partition coefficient (Wildman–Crippen LogP) is 2.11. The van der Waals surface area contributed by atoms with E-state index in [4.69, 9.17) is 9.47 Å². The lowest BCUT2D eigenvalue weighted by Crippen LogP contribution is -2.30. The van der Waals surface area contributed by atoms with Crippen LogP contribution in [-0.2, 0) is 9.47 Å². The second-order valence-corrected chi connectivity index (χ2v) is 6.72. The molecule has 0 saturated carbocycles. The zero-order valence-electron chi connectivity index (χ0n) is 13.9. The van der Waals surface area contributed by atoms with Gasteiger partial charge in [0, 0.05) is 29.5 Å². The van der Waals surface area contributed by atoms with Gasteiger partial charge in [0.1, 0.15) is 24.1 Å². The van der Waals surface area contributed by atoms with Gasteiger partial charge < -0.3 is 19.1 Å². The summed E-state index contributed by atoms with van der Waals surface area (Å²) >= 11 is 0. The van der Waals surface area contributed by atoms with Gasteiger partial charge in [-0.25, -0.2) is 4.98 Å². The molecule has 2 aliphatic rings. The van der Waals surface area contributed by atoms with E-state index < -0.39 is 6.10 Å². The number of imidazole rings is 1. The van der Waals surface area contributed by atoms with Crippen molar-refractivity contribution in [2.24, 2.45) is 0 Å². The van der Waals surface area contributed by atoms with Crippen molar-refractivity contribution in [2.75, 3.05) is 13.2 Å². The van der Waals surface area contributed by atoms with Gasteiger partial charge >= 0.3 is 0 Å². The number of hydrogen-bond acceptors (Lipinski definition) is 5. The molecule has 6 heteroatoms. The van der Waals surface area contributed by atoms with Crippen LogP contribution in [0, 0.1) is 6.92 Å². The molecule has 5 rings (SSSR count). The van der Waals surface area contributed by atoms with Crippen LogP contribution in [0.15, 0.2) is 42.9 Å². The van der Waals surface area contributed by atoms with Crippen LogP contribution in [-0.4, -0.2) is 51.2 Å². The average molecular weight is 337 g/mol. The Morgan fingerprint density at radius 1 is 1.08 bits per heavy atom. The van der Waals surface area contributed by atoms with Gasteiger partial charge in [0.2, 0.25) is 0 Å². The molecule has 0 bridgehead atoms. The number of rotatable bonds is 2. The lowest BCUT2D eigenvalue weighted by molar-refractivity contribution is 0.0172. The largest absolute Gasteiger partial charge is 0.388 e. The maximum absolute atomic E-state index is 9.99. The monoisotopic (exact) mass is 337 g/mol. The van der Waals surface area contributed by atoms with Crippen molar-refractivity contribution in [3.05, 3.63) is 48.4 Å². The minimum absolute atomic E-state index is 0.00711. The molecule has 128 valence electrons. The molecule has 0 unspecified atom stereocenters. The summed E-state index contributed by atoms with van der Waals surface area (Å²) in [4.78, 5) is 9.13. The zero-order chi connectivity index (χ0) is 17.0. The molecular weight excluding hydrogens is 318 g/mol. The molecule has 3 aromatic rings. The number of aromatic nitrogens is 3. The molecule has 2 saturated heterocycles. The topological polar surface area (TPSA) is 69.4 Å². The third-order valence-electron chi connectivity index (χ3n) is 5.24. The summed E-state index contributed by atoms with van der Waals surface area (Å²) in [6, 6.07) is 8.20. The molecule has 0 radical (unpaired) electrons. The Balaban J connectivity index is 1.62. The van der Waals surface area contributed by atoms with Gasteiger partial charge in [-0.2, -0.15) is 0 Å². The van der Waals surface area contributed by atoms with E-state index in [0.717, 1.165) is 27.9 Å². The molecule has 2 fully saturated rings. The van der Waals surface area contributed by atoms with Gasteiger partial charge in [-0.1, -0.05) is 18.2 Å². The lowest BCUT2D eigenvalue weighted by Gasteiger charge is -2.20. The number of hydrogen-bond donors (Lipinski definition) is 1. The Bertz CT molecular complexity index is 939. The van der Waals surface area contributed by atoms with Crippen molar-refractivity contribution in [3.63, 3.8) is 0 Å². The van der Waals surface area contributed by atoms with E-state index in [1.54, 1.807) is 6.20 Å². The average Bonchev–Trinajstić information content (AvgIpc) is 3.33. The molecule has 1 N–H and O–H groups in total. The molecule has 4 heterocycles. The Kier molecular flexibility index (Phi) is 3.38. The normalized spacial score (nSPS) is 28.6. The molecule has 2 aliphatic heterocycles. The summed E-state index contributed by atoms with van der Waals surface area (Å²) < 4.78 is 13.7. The van der Waals surface area contributed by atoms with Crippen LogP contribution in [0.4, 0.5) is 0 Å². The standard InChI is InChI=1S/C19H19N3O3/c1-11-4-5-13(12-3-2-6-20-16(11)12)19-21-7-8-22(19)14-9-24-18-15(23)10-25-17(14)18/h2-8,14-15,17-18,23H,9-10H2,1H3/t14-,15+,17+,18+/m0/s1. The fraction of sp³-hybridized carbons (Fsp3) is 0.368. The minimum Gasteiger partial charge on any atom is -0.388 e. The van der Waals surface area contributed by atoms with Crippen LogP contribution < -0.4 is 0 Å². The Morgan fingerprint density at radius 3 is 2.88 bits per heavy atom. The third kappa shape index (κ3) is 2.22. The van der Waals surface area contributed by atoms with Crippen molar-refractivity contribution in [1.29, 1.82) is 0 Å². The number of nitrogens with zero attached hydrogens (tertiary/aromatic N) is 3. The highest BCUT2D eigenvalue weighted by molar-refractivity contribution is 5.94. The van der Waals surface area contributed by atoms with E-state index in [0.29, 0.717) is 13.2 Å². The molecule has 6 nitrogen and oxygen atoms in total. The summed E-state index contributed by atoms with van der Waals surface area (Å²) in [6.45, 7) is 2.90. The first-order chi connectivity index (χ1) is 12.2. The number of benzene rings is 1. The van der Waals surface area contributed by atoms with Crippen molar-refractivity contribution in [1.82, 2.24) is 14.5 Å². The highest BCUT2D eigenvalue weighted by Crippen LogP contribution is 2.37. The highest BCUT2D eigenvalue weighted by Gasteiger charge is 2.48. The maximum atomic E-state index is 9.99. The van der Waals surface area contributed by atoms with E-state index in [-0.39, 0.29) is 18.2 Å². The molecule has 0 aliphatic carbocycles. The second-order valence-electron chi connectivity index (χ2n) is 6.72. The van der Waals surface area contributed by atoms with Crippen molar-refractivity contribution < 1.29 is 14.6 Å². The van der Waals surface area contributed by atoms with Crippen LogP contribution in [0.25, 0.3) is 22.3 Å². The summed E-state index contributed by atoms with van der Waals surface area (Å²) in [5.41, 5.74) is 3.17. The number of aliphatic hydroxyl groups is 1. The molecule has 1 aromatic carbocycles. The fourth-order valence-electron chi connectivity index (χ4n) is 4.00. The van der Waals surface area contributed by atoms with E-state index in [1.807, 2.05) is 18.5 Å². The second kappa shape index (κ2) is 5.62. The molecule has 0 amide bonds. The van der Waals surface area contributed by atoms with Crippen molar-refractivity contribution >= 4 is 10.9 Å². The quantitative estimate of drug-likeness (QED) is 0.776. The Hall–Kier alpha value is -2.28. The van der Waals surface area contributed by atoms with Gasteiger partial charge in [0.15, 0.2) is 0 Å². The first-order valence-corrected chi connectivity index (χ1v) is 8.53. The fourth-order valence-corrected chi connectivity index (χ4v) is 4.00. The molecule has 2 aromatic heterocycles. The smallest absolute Gasteiger partial charge is 0.141 e. The van der Waals surface area contributed by atoms with Gasteiger partial charge in [0.25, 0.3) is 0 Å². The maximum Gasteiger partial charge on any atom is 0.141 e. The SMILES string of the molecule is Cc1ccc(-c2nccn2[C@H]2CO[C@H]3[C@@H]2OC[C@H]3O)c2cccnc12. The summed E-state index contributed by atoms with van der Waals surface area (Å²) in [5.74, 6) is 0.872. The van der Waals surface area contributed by atoms with Crippen LogP contribution in [0.1, 0.15) is 11.6 Å². The molecule has 4 atom stereocenters. The van der Waals surface area contributed by atoms with Crippen LogP contribution in [0.2, 0.25) is 0 Å². The number of fused-ring (bicyclic) bond motifs is 2. The first-order valence-electron chi connectivity index (χ1n) is 8.53. The van der Waals surface area contributed by atoms with Crippen molar-refractivity contribution in [2.45, 2.75) is 31.3 Å². The number of aryl methyl sites for hydroxylation is 1. The first kappa shape index (κ1) is 15.0. The summed E-state index contributed by atoms with van der Waals surface area (Å²) in [5, 5.41) is 11.1. The van der Waals surface area contributed by atoms with Gasteiger partial charge in [-0.3, -0.25) is 4.98 Å². The Labute approximate surface area is 145 Å². The predicted molar refractivity (Wildman–Crippen MR) is 92.2 cm³/mol. The summed E-state index contributed by atoms with van der Waals surface area (Å²) in [6.07, 6.45) is 4.63. The number of aliphatic hydroxyl groups excluding tert-OH is 1. The van der Waals surface area contributed by atoms with Crippen LogP contribution >= 0.6 is 0 Å². The Morgan fingerprint density at radius 2 is 1.96 bits per heavy atom. The van der Waals surface area contributed by atoms with Crippen molar-refractivity contribution in [3.8, 4) is 11.4 Å². The van der Waals surface area contributed by atoms with Gasteiger partial charge in [-0.15, -0.1) is 0 Å². The lowest BCUT2D eigenvalue weighted by atomic mass is 10.0. The van der Waals surface area contributed by atoms with E-state index in [1.165, 1.54) is 0 Å². The number of ether oxygens (including phenoxy) is 2. The van der Waals surface area contributed by atoms with Gasteiger partial charge in [-0.05, 0) is 18.6 Å². The zero-order valence-corrected chi connectivity index (χ0v) is 13.9. The highest BCUT2D eigenvalue weighted by atomic mass is 16.6. The van der Waals surface area contributed by atoms with Crippen LogP contribution in [0.5, 0.6) is 0 Å². The van der Waals surface area contributed by atoms with Crippen LogP contribution in [0.3, 0.4) is 0 Å². The third-order valence-corrected chi connectivity index (χ3v) is 5.24.